The first-order chi connectivity index (χ1) is 28.2. The van der Waals surface area contributed by atoms with Crippen molar-refractivity contribution in [2.24, 2.45) is 0 Å². The third-order valence-electron chi connectivity index (χ3n) is 10.1. The van der Waals surface area contributed by atoms with Crippen LogP contribution in [0.15, 0.2) is 60.9 Å². The van der Waals surface area contributed by atoms with Crippen molar-refractivity contribution in [2.45, 2.75) is 79.4 Å². The highest BCUT2D eigenvalue weighted by Gasteiger charge is 2.57. The van der Waals surface area contributed by atoms with Crippen molar-refractivity contribution in [2.75, 3.05) is 40.6 Å². The summed E-state index contributed by atoms with van der Waals surface area (Å²) < 4.78 is 62.1. The first-order valence-corrected chi connectivity index (χ1v) is 18.0. The second-order valence-corrected chi connectivity index (χ2v) is 14.0. The van der Waals surface area contributed by atoms with E-state index in [4.69, 9.17) is 51.5 Å². The highest BCUT2D eigenvalue weighted by Crippen LogP contribution is 2.40. The molecule has 3 aliphatic heterocycles. The van der Waals surface area contributed by atoms with Crippen molar-refractivity contribution in [1.82, 2.24) is 0 Å². The minimum absolute atomic E-state index is 0.00136. The van der Waals surface area contributed by atoms with Gasteiger partial charge in [0.2, 0.25) is 12.0 Å². The molecule has 0 spiro atoms. The average Bonchev–Trinajstić information content (AvgIpc) is 3.54. The van der Waals surface area contributed by atoms with Gasteiger partial charge in [-0.25, -0.2) is 9.59 Å². The quantitative estimate of drug-likeness (QED) is 0.0613. The van der Waals surface area contributed by atoms with Crippen LogP contribution < -0.4 is 30.2 Å². The van der Waals surface area contributed by atoms with E-state index in [0.717, 1.165) is 0 Å². The summed E-state index contributed by atoms with van der Waals surface area (Å²) in [4.78, 5) is 25.0. The Balaban J connectivity index is 1.17. The Morgan fingerprint density at radius 1 is 0.661 bits per heavy atom. The lowest BCUT2D eigenvalue weighted by atomic mass is 9.97. The topological polar surface area (TPSA) is 326 Å². The summed E-state index contributed by atoms with van der Waals surface area (Å²) in [6, 6.07) is 9.65. The molecule has 3 fully saturated rings. The third kappa shape index (κ3) is 8.21. The Kier molecular flexibility index (Phi) is 12.4. The fourth-order valence-electron chi connectivity index (χ4n) is 6.85. The van der Waals surface area contributed by atoms with Gasteiger partial charge in [-0.2, -0.15) is 0 Å². The number of fused-ring (bicyclic) bond motifs is 2. The maximum Gasteiger partial charge on any atom is 0.379 e. The van der Waals surface area contributed by atoms with Crippen LogP contribution in [0.25, 0.3) is 21.9 Å². The predicted octanol–water partition coefficient (Wildman–Crippen LogP) is -2.82. The molecule has 59 heavy (non-hydrogen) atoms. The standard InChI is InChI=1S/C37H42O22/c1-49-18-5-14-3-4-25(41)53-16(14)8-20(18)52-22-7-15-6-19(50-2)21(9-17(15)54-33(22)47)55-35-31(29(45)27(43)24(11-39)57-35)58-36-32(37(48,12-40)13-51-36)59-34-30(46)28(44)26(42)23(10-38)56-34/h3-9,23-24,26-32,34-36,38-40,42-46,48H,10-13H2,1-2H3/t23-,24-,26+,27-,28+,29+,30-,31-,32+,34-,35-,36-,37-/m1/s1. The van der Waals surface area contributed by atoms with Gasteiger partial charge in [0.25, 0.3) is 0 Å². The number of ether oxygens (including phenoxy) is 9. The summed E-state index contributed by atoms with van der Waals surface area (Å²) in [5.74, 6) is -0.231. The Labute approximate surface area is 331 Å². The van der Waals surface area contributed by atoms with E-state index in [1.807, 2.05) is 0 Å². The maximum atomic E-state index is 13.2. The van der Waals surface area contributed by atoms with E-state index in [9.17, 15) is 55.5 Å². The first kappa shape index (κ1) is 42.6. The van der Waals surface area contributed by atoms with Crippen LogP contribution in [0.5, 0.6) is 28.7 Å². The molecule has 7 rings (SSSR count). The molecule has 0 radical (unpaired) electrons. The molecule has 22 nitrogen and oxygen atoms in total. The summed E-state index contributed by atoms with van der Waals surface area (Å²) in [6.07, 6.45) is -21.0. The van der Waals surface area contributed by atoms with E-state index < -0.39 is 117 Å². The van der Waals surface area contributed by atoms with Crippen LogP contribution in [0.2, 0.25) is 0 Å². The molecule has 0 unspecified atom stereocenters. The molecule has 2 aromatic carbocycles. The lowest BCUT2D eigenvalue weighted by Gasteiger charge is -2.44. The minimum Gasteiger partial charge on any atom is -0.493 e. The largest absolute Gasteiger partial charge is 0.493 e. The fourth-order valence-corrected chi connectivity index (χ4v) is 6.85. The average molecular weight is 839 g/mol. The molecule has 0 bridgehead atoms. The zero-order valence-corrected chi connectivity index (χ0v) is 31.1. The number of hydrogen-bond donors (Lipinski definition) is 9. The van der Waals surface area contributed by atoms with Crippen LogP contribution >= 0.6 is 0 Å². The highest BCUT2D eigenvalue weighted by molar-refractivity contribution is 5.83. The molecule has 3 aliphatic rings. The molecule has 5 heterocycles. The van der Waals surface area contributed by atoms with Crippen LogP contribution in [-0.4, -0.2) is 166 Å². The lowest BCUT2D eigenvalue weighted by Crippen LogP contribution is -2.64. The van der Waals surface area contributed by atoms with Crippen LogP contribution in [-0.2, 0) is 23.7 Å². The molecule has 13 atom stereocenters. The second-order valence-electron chi connectivity index (χ2n) is 14.0. The summed E-state index contributed by atoms with van der Waals surface area (Å²) in [5, 5.41) is 94.8. The Morgan fingerprint density at radius 3 is 1.95 bits per heavy atom. The van der Waals surface area contributed by atoms with Gasteiger partial charge in [0, 0.05) is 29.0 Å². The predicted molar refractivity (Wildman–Crippen MR) is 192 cm³/mol. The SMILES string of the molecule is COc1cc2ccc(=O)oc2cc1Oc1cc2cc(OC)c(O[C@@H]3O[C@H](CO)[C@@H](O)[C@H](O)[C@H]3O[C@H]3OC[C@](O)(CO)[C@H]3O[C@H]3O[C@H](CO)[C@H](O)[C@H](O)[C@H]3O)cc2oc1=O. The van der Waals surface area contributed by atoms with Crippen molar-refractivity contribution in [3.05, 3.63) is 63.3 Å². The zero-order chi connectivity index (χ0) is 42.3. The van der Waals surface area contributed by atoms with E-state index in [1.165, 1.54) is 50.6 Å². The summed E-state index contributed by atoms with van der Waals surface area (Å²) in [5.41, 5.74) is -3.73. The van der Waals surface area contributed by atoms with Gasteiger partial charge in [-0.1, -0.05) is 0 Å². The van der Waals surface area contributed by atoms with Gasteiger partial charge in [0.1, 0.15) is 65.6 Å². The van der Waals surface area contributed by atoms with Crippen molar-refractivity contribution in [3.63, 3.8) is 0 Å². The van der Waals surface area contributed by atoms with Crippen molar-refractivity contribution in [1.29, 1.82) is 0 Å². The van der Waals surface area contributed by atoms with Gasteiger partial charge in [-0.3, -0.25) is 0 Å². The number of rotatable bonds is 13. The third-order valence-corrected chi connectivity index (χ3v) is 10.1. The number of benzene rings is 2. The number of hydrogen-bond acceptors (Lipinski definition) is 22. The van der Waals surface area contributed by atoms with Gasteiger partial charge >= 0.3 is 11.3 Å². The number of methoxy groups -OCH3 is 2. The van der Waals surface area contributed by atoms with E-state index in [-0.39, 0.29) is 45.3 Å². The van der Waals surface area contributed by atoms with Gasteiger partial charge in [-0.05, 0) is 24.3 Å². The van der Waals surface area contributed by atoms with Crippen LogP contribution in [0.1, 0.15) is 0 Å². The van der Waals surface area contributed by atoms with Crippen LogP contribution in [0.3, 0.4) is 0 Å². The molecule has 0 saturated carbocycles. The fraction of sp³-hybridized carbons (Fsp3) is 0.514. The molecule has 9 N–H and O–H groups in total. The van der Waals surface area contributed by atoms with Crippen LogP contribution in [0.4, 0.5) is 0 Å². The van der Waals surface area contributed by atoms with Crippen molar-refractivity contribution in [3.8, 4) is 28.7 Å². The second kappa shape index (κ2) is 17.2. The molecule has 322 valence electrons. The lowest BCUT2D eigenvalue weighted by molar-refractivity contribution is -0.350. The van der Waals surface area contributed by atoms with E-state index >= 15 is 0 Å². The normalized spacial score (nSPS) is 33.6. The maximum absolute atomic E-state index is 13.2. The smallest absolute Gasteiger partial charge is 0.379 e. The summed E-state index contributed by atoms with van der Waals surface area (Å²) in [7, 11) is 2.66. The summed E-state index contributed by atoms with van der Waals surface area (Å²) in [6.45, 7) is -3.27. The molecule has 3 saturated heterocycles. The van der Waals surface area contributed by atoms with E-state index in [2.05, 4.69) is 0 Å². The van der Waals surface area contributed by atoms with Gasteiger partial charge in [-0.15, -0.1) is 0 Å². The van der Waals surface area contributed by atoms with Gasteiger partial charge < -0.3 is 97.4 Å². The van der Waals surface area contributed by atoms with Crippen molar-refractivity contribution >= 4 is 21.9 Å². The van der Waals surface area contributed by atoms with E-state index in [1.54, 1.807) is 6.07 Å². The molecular formula is C37H42O22. The molecule has 0 aliphatic carbocycles. The zero-order valence-electron chi connectivity index (χ0n) is 31.1. The monoisotopic (exact) mass is 838 g/mol. The Morgan fingerprint density at radius 2 is 1.27 bits per heavy atom. The highest BCUT2D eigenvalue weighted by atomic mass is 16.8. The number of aliphatic hydroxyl groups excluding tert-OH is 8. The first-order valence-electron chi connectivity index (χ1n) is 18.0. The van der Waals surface area contributed by atoms with E-state index in [0.29, 0.717) is 5.39 Å². The minimum atomic E-state index is -2.26. The molecule has 0 amide bonds. The summed E-state index contributed by atoms with van der Waals surface area (Å²) >= 11 is 0. The van der Waals surface area contributed by atoms with Gasteiger partial charge in [0.05, 0.1) is 40.6 Å². The van der Waals surface area contributed by atoms with Crippen molar-refractivity contribution < 1.29 is 97.4 Å². The Bertz CT molecular complexity index is 2220. The van der Waals surface area contributed by atoms with Gasteiger partial charge in [0.15, 0.2) is 41.7 Å². The molecular weight excluding hydrogens is 796 g/mol. The molecule has 4 aromatic rings. The molecule has 22 heteroatoms. The molecule has 2 aromatic heterocycles. The van der Waals surface area contributed by atoms with Crippen LogP contribution in [0, 0.1) is 0 Å². The number of aliphatic hydroxyl groups is 9. The Hall–Kier alpha value is -4.50.